The first-order valence-corrected chi connectivity index (χ1v) is 7.47. The Labute approximate surface area is 145 Å². The Morgan fingerprint density at radius 3 is 2.48 bits per heavy atom. The maximum atomic E-state index is 11.0. The highest BCUT2D eigenvalue weighted by atomic mass is 127. The Balaban J connectivity index is 2.19. The van der Waals surface area contributed by atoms with Crippen molar-refractivity contribution in [2.45, 2.75) is 6.61 Å². The molecule has 2 rings (SSSR count). The van der Waals surface area contributed by atoms with Crippen molar-refractivity contribution in [2.24, 2.45) is 0 Å². The van der Waals surface area contributed by atoms with Crippen molar-refractivity contribution in [1.82, 2.24) is 0 Å². The number of carboxylic acids is 1. The van der Waals surface area contributed by atoms with Gasteiger partial charge in [0.15, 0.2) is 11.5 Å². The minimum Gasteiger partial charge on any atom is -0.493 e. The smallest absolute Gasteiger partial charge is 0.335 e. The highest BCUT2D eigenvalue weighted by Gasteiger charge is 2.15. The SMILES string of the molecule is COc1cc(C(=O)O)cc(I)c1OCc1ccc([N+](=O)[O-])cc1. The maximum absolute atomic E-state index is 11.0. The zero-order valence-corrected chi connectivity index (χ0v) is 14.1. The van der Waals surface area contributed by atoms with Crippen LogP contribution in [0.5, 0.6) is 11.5 Å². The van der Waals surface area contributed by atoms with E-state index < -0.39 is 10.9 Å². The van der Waals surface area contributed by atoms with E-state index in [9.17, 15) is 14.9 Å². The number of nitro benzene ring substituents is 1. The van der Waals surface area contributed by atoms with E-state index in [1.54, 1.807) is 12.1 Å². The topological polar surface area (TPSA) is 98.9 Å². The average Bonchev–Trinajstić information content (AvgIpc) is 2.53. The van der Waals surface area contributed by atoms with Crippen LogP contribution in [0.15, 0.2) is 36.4 Å². The first kappa shape index (κ1) is 17.0. The predicted octanol–water partition coefficient (Wildman–Crippen LogP) is 3.49. The van der Waals surface area contributed by atoms with Crippen molar-refractivity contribution in [3.8, 4) is 11.5 Å². The fraction of sp³-hybridized carbons (Fsp3) is 0.133. The first-order chi connectivity index (χ1) is 10.9. The molecule has 1 N–H and O–H groups in total. The molecule has 7 nitrogen and oxygen atoms in total. The minimum absolute atomic E-state index is 0.00622. The number of carboxylic acid groups (broad SMARTS) is 1. The summed E-state index contributed by atoms with van der Waals surface area (Å²) >= 11 is 1.97. The summed E-state index contributed by atoms with van der Waals surface area (Å²) in [5.41, 5.74) is 0.858. The van der Waals surface area contributed by atoms with E-state index >= 15 is 0 Å². The fourth-order valence-corrected chi connectivity index (χ4v) is 2.61. The molecule has 120 valence electrons. The summed E-state index contributed by atoms with van der Waals surface area (Å²) < 4.78 is 11.5. The van der Waals surface area contributed by atoms with Crippen LogP contribution in [0.3, 0.4) is 0 Å². The molecular weight excluding hydrogens is 417 g/mol. The number of hydrogen-bond donors (Lipinski definition) is 1. The van der Waals surface area contributed by atoms with Crippen LogP contribution >= 0.6 is 22.6 Å². The van der Waals surface area contributed by atoms with Gasteiger partial charge in [0, 0.05) is 12.1 Å². The van der Waals surface area contributed by atoms with Gasteiger partial charge < -0.3 is 14.6 Å². The Hall–Kier alpha value is -2.36. The lowest BCUT2D eigenvalue weighted by molar-refractivity contribution is -0.384. The lowest BCUT2D eigenvalue weighted by Gasteiger charge is -2.13. The molecule has 0 heterocycles. The summed E-state index contributed by atoms with van der Waals surface area (Å²) in [7, 11) is 1.43. The van der Waals surface area contributed by atoms with E-state index in [0.29, 0.717) is 15.1 Å². The molecular formula is C15H12INO6. The van der Waals surface area contributed by atoms with Gasteiger partial charge in [-0.25, -0.2) is 4.79 Å². The number of ether oxygens (including phenoxy) is 2. The van der Waals surface area contributed by atoms with Crippen LogP contribution in [0, 0.1) is 13.7 Å². The number of benzene rings is 2. The second-order valence-electron chi connectivity index (χ2n) is 4.51. The minimum atomic E-state index is -1.05. The van der Waals surface area contributed by atoms with Gasteiger partial charge in [-0.05, 0) is 52.4 Å². The van der Waals surface area contributed by atoms with Crippen molar-refractivity contribution in [1.29, 1.82) is 0 Å². The number of nitrogens with zero attached hydrogens (tertiary/aromatic N) is 1. The molecule has 0 unspecified atom stereocenters. The van der Waals surface area contributed by atoms with Crippen LogP contribution < -0.4 is 9.47 Å². The van der Waals surface area contributed by atoms with Crippen molar-refractivity contribution in [2.75, 3.05) is 7.11 Å². The van der Waals surface area contributed by atoms with Gasteiger partial charge in [-0.2, -0.15) is 0 Å². The molecule has 0 aliphatic heterocycles. The Morgan fingerprint density at radius 1 is 1.30 bits per heavy atom. The molecule has 0 amide bonds. The second-order valence-corrected chi connectivity index (χ2v) is 5.67. The molecule has 0 bridgehead atoms. The summed E-state index contributed by atoms with van der Waals surface area (Å²) in [5.74, 6) is -0.309. The molecule has 0 atom stereocenters. The second kappa shape index (κ2) is 7.27. The molecule has 23 heavy (non-hydrogen) atoms. The van der Waals surface area contributed by atoms with Crippen LogP contribution in [-0.2, 0) is 6.61 Å². The lowest BCUT2D eigenvalue weighted by Crippen LogP contribution is -2.03. The van der Waals surface area contributed by atoms with Gasteiger partial charge in [-0.1, -0.05) is 0 Å². The molecule has 0 spiro atoms. The summed E-state index contributed by atoms with van der Waals surface area (Å²) in [6, 6.07) is 8.86. The lowest BCUT2D eigenvalue weighted by atomic mass is 10.2. The van der Waals surface area contributed by atoms with Gasteiger partial charge in [0.2, 0.25) is 0 Å². The third-order valence-corrected chi connectivity index (χ3v) is 3.81. The van der Waals surface area contributed by atoms with Gasteiger partial charge in [0.05, 0.1) is 21.2 Å². The van der Waals surface area contributed by atoms with E-state index in [2.05, 4.69) is 0 Å². The molecule has 0 saturated heterocycles. The van der Waals surface area contributed by atoms with E-state index in [0.717, 1.165) is 5.56 Å². The third kappa shape index (κ3) is 4.09. The van der Waals surface area contributed by atoms with Crippen LogP contribution in [0.1, 0.15) is 15.9 Å². The van der Waals surface area contributed by atoms with Gasteiger partial charge >= 0.3 is 5.97 Å². The van der Waals surface area contributed by atoms with Crippen molar-refractivity contribution in [3.63, 3.8) is 0 Å². The predicted molar refractivity (Wildman–Crippen MR) is 90.1 cm³/mol. The van der Waals surface area contributed by atoms with Gasteiger partial charge in [-0.15, -0.1) is 0 Å². The average molecular weight is 429 g/mol. The van der Waals surface area contributed by atoms with Crippen molar-refractivity contribution < 1.29 is 24.3 Å². The maximum Gasteiger partial charge on any atom is 0.335 e. The number of methoxy groups -OCH3 is 1. The van der Waals surface area contributed by atoms with Crippen LogP contribution in [-0.4, -0.2) is 23.1 Å². The number of hydrogen-bond acceptors (Lipinski definition) is 5. The summed E-state index contributed by atoms with van der Waals surface area (Å²) in [6.45, 7) is 0.177. The zero-order valence-electron chi connectivity index (χ0n) is 12.0. The third-order valence-electron chi connectivity index (χ3n) is 3.01. The summed E-state index contributed by atoms with van der Waals surface area (Å²) in [4.78, 5) is 21.2. The van der Waals surface area contributed by atoms with E-state index in [4.69, 9.17) is 14.6 Å². The monoisotopic (exact) mass is 429 g/mol. The van der Waals surface area contributed by atoms with E-state index in [1.807, 2.05) is 22.6 Å². The molecule has 0 aliphatic carbocycles. The normalized spacial score (nSPS) is 10.2. The number of halogens is 1. The summed E-state index contributed by atoms with van der Waals surface area (Å²) in [6.07, 6.45) is 0. The number of nitro groups is 1. The highest BCUT2D eigenvalue weighted by Crippen LogP contribution is 2.34. The van der Waals surface area contributed by atoms with Crippen LogP contribution in [0.4, 0.5) is 5.69 Å². The molecule has 0 fully saturated rings. The van der Waals surface area contributed by atoms with Gasteiger partial charge in [0.25, 0.3) is 5.69 Å². The zero-order chi connectivity index (χ0) is 17.0. The van der Waals surface area contributed by atoms with Crippen LogP contribution in [0.2, 0.25) is 0 Å². The van der Waals surface area contributed by atoms with Crippen LogP contribution in [0.25, 0.3) is 0 Å². The largest absolute Gasteiger partial charge is 0.493 e. The standard InChI is InChI=1S/C15H12INO6/c1-22-13-7-10(15(18)19)6-12(16)14(13)23-8-9-2-4-11(5-3-9)17(20)21/h2-7H,8H2,1H3,(H,18,19). The van der Waals surface area contributed by atoms with Gasteiger partial charge in [0.1, 0.15) is 6.61 Å². The highest BCUT2D eigenvalue weighted by molar-refractivity contribution is 14.1. The van der Waals surface area contributed by atoms with Gasteiger partial charge in [-0.3, -0.25) is 10.1 Å². The van der Waals surface area contributed by atoms with E-state index in [-0.39, 0.29) is 17.9 Å². The molecule has 0 saturated carbocycles. The number of carbonyl (C=O) groups is 1. The number of rotatable bonds is 6. The fourth-order valence-electron chi connectivity index (χ4n) is 1.85. The number of aromatic carboxylic acids is 1. The molecule has 0 radical (unpaired) electrons. The molecule has 2 aromatic carbocycles. The van der Waals surface area contributed by atoms with Crippen molar-refractivity contribution >= 4 is 34.2 Å². The van der Waals surface area contributed by atoms with Crippen molar-refractivity contribution in [3.05, 3.63) is 61.2 Å². The quantitative estimate of drug-likeness (QED) is 0.429. The first-order valence-electron chi connectivity index (χ1n) is 6.39. The molecule has 0 aliphatic rings. The van der Waals surface area contributed by atoms with E-state index in [1.165, 1.54) is 31.4 Å². The summed E-state index contributed by atoms with van der Waals surface area (Å²) in [5, 5.41) is 19.7. The Bertz CT molecular complexity index is 744. The molecule has 2 aromatic rings. The molecule has 0 aromatic heterocycles. The Morgan fingerprint density at radius 2 is 1.96 bits per heavy atom. The Kier molecular flexibility index (Phi) is 5.37. The number of non-ortho nitro benzene ring substituents is 1. The molecule has 8 heteroatoms.